The molecule has 0 radical (unpaired) electrons. The third kappa shape index (κ3) is 3.26. The molecule has 0 saturated carbocycles. The van der Waals surface area contributed by atoms with E-state index < -0.39 is 0 Å². The van der Waals surface area contributed by atoms with Crippen LogP contribution in [0.1, 0.15) is 16.7 Å². The third-order valence-electron chi connectivity index (χ3n) is 3.83. The summed E-state index contributed by atoms with van der Waals surface area (Å²) in [4.78, 5) is 12.6. The molecule has 0 unspecified atom stereocenters. The maximum Gasteiger partial charge on any atom is 0.269 e. The van der Waals surface area contributed by atoms with E-state index in [0.29, 0.717) is 6.61 Å². The molecule has 2 aromatic carbocycles. The smallest absolute Gasteiger partial charge is 0.269 e. The van der Waals surface area contributed by atoms with Crippen LogP contribution in [0.25, 0.3) is 0 Å². The molecule has 1 aliphatic rings. The van der Waals surface area contributed by atoms with E-state index in [1.165, 1.54) is 11.1 Å². The summed E-state index contributed by atoms with van der Waals surface area (Å²) in [6.45, 7) is 5.16. The quantitative estimate of drug-likeness (QED) is 0.644. The van der Waals surface area contributed by atoms with Crippen molar-refractivity contribution in [3.8, 4) is 5.75 Å². The topological polar surface area (TPSA) is 55.6 Å². The molecule has 0 spiro atoms. The Morgan fingerprint density at radius 2 is 2.00 bits per heavy atom. The van der Waals surface area contributed by atoms with Gasteiger partial charge in [0.15, 0.2) is 0 Å². The van der Waals surface area contributed by atoms with Gasteiger partial charge in [-0.05, 0) is 18.6 Å². The minimum absolute atomic E-state index is 0.129. The minimum Gasteiger partial charge on any atom is -0.492 e. The van der Waals surface area contributed by atoms with Gasteiger partial charge in [0.25, 0.3) is 5.69 Å². The summed E-state index contributed by atoms with van der Waals surface area (Å²) in [7, 11) is 0. The highest BCUT2D eigenvalue weighted by atomic mass is 16.6. The highest BCUT2D eigenvalue weighted by Crippen LogP contribution is 2.25. The van der Waals surface area contributed by atoms with Gasteiger partial charge in [0.2, 0.25) is 0 Å². The molecule has 5 heteroatoms. The van der Waals surface area contributed by atoms with Crippen LogP contribution in [-0.4, -0.2) is 23.0 Å². The highest BCUT2D eigenvalue weighted by Gasteiger charge is 2.16. The van der Waals surface area contributed by atoms with Crippen LogP contribution >= 0.6 is 0 Å². The fourth-order valence-electron chi connectivity index (χ4n) is 2.69. The molecule has 0 atom stereocenters. The SMILES string of the molecule is Cc1ccc2c(c1)CN(Cc1ccc([N+](=O)[O-])cc1)CCO2. The number of ether oxygens (including phenoxy) is 1. The van der Waals surface area contributed by atoms with E-state index in [9.17, 15) is 10.1 Å². The molecule has 1 heterocycles. The van der Waals surface area contributed by atoms with Gasteiger partial charge in [-0.3, -0.25) is 15.0 Å². The van der Waals surface area contributed by atoms with Gasteiger partial charge in [-0.1, -0.05) is 29.8 Å². The molecule has 0 N–H and O–H groups in total. The van der Waals surface area contributed by atoms with E-state index in [4.69, 9.17) is 4.74 Å². The standard InChI is InChI=1S/C17H18N2O3/c1-13-2-7-17-15(10-13)12-18(8-9-22-17)11-14-3-5-16(6-4-14)19(20)21/h2-7,10H,8-9,11-12H2,1H3. The van der Waals surface area contributed by atoms with Crippen molar-refractivity contribution in [3.05, 3.63) is 69.3 Å². The predicted molar refractivity (Wildman–Crippen MR) is 83.9 cm³/mol. The monoisotopic (exact) mass is 298 g/mol. The van der Waals surface area contributed by atoms with E-state index in [2.05, 4.69) is 24.0 Å². The number of benzene rings is 2. The lowest BCUT2D eigenvalue weighted by molar-refractivity contribution is -0.384. The zero-order valence-corrected chi connectivity index (χ0v) is 12.5. The molecular formula is C17H18N2O3. The molecule has 0 fully saturated rings. The van der Waals surface area contributed by atoms with Crippen molar-refractivity contribution in [2.45, 2.75) is 20.0 Å². The van der Waals surface area contributed by atoms with Gasteiger partial charge in [0, 0.05) is 37.3 Å². The fourth-order valence-corrected chi connectivity index (χ4v) is 2.69. The first kappa shape index (κ1) is 14.5. The van der Waals surface area contributed by atoms with E-state index in [0.717, 1.165) is 30.9 Å². The number of nitro benzene ring substituents is 1. The van der Waals surface area contributed by atoms with Gasteiger partial charge in [0.05, 0.1) is 4.92 Å². The summed E-state index contributed by atoms with van der Waals surface area (Å²) in [5.74, 6) is 0.955. The molecule has 22 heavy (non-hydrogen) atoms. The average molecular weight is 298 g/mol. The Labute approximate surface area is 129 Å². The van der Waals surface area contributed by atoms with Crippen molar-refractivity contribution in [1.82, 2.24) is 4.90 Å². The Hall–Kier alpha value is -2.40. The van der Waals surface area contributed by atoms with Crippen LogP contribution in [0, 0.1) is 17.0 Å². The first-order valence-electron chi connectivity index (χ1n) is 7.30. The molecule has 2 aromatic rings. The summed E-state index contributed by atoms with van der Waals surface area (Å²) >= 11 is 0. The molecule has 0 saturated heterocycles. The molecule has 1 aliphatic heterocycles. The number of hydrogen-bond acceptors (Lipinski definition) is 4. The van der Waals surface area contributed by atoms with Crippen molar-refractivity contribution < 1.29 is 9.66 Å². The number of fused-ring (bicyclic) bond motifs is 1. The number of nitrogens with zero attached hydrogens (tertiary/aromatic N) is 2. The lowest BCUT2D eigenvalue weighted by atomic mass is 10.1. The van der Waals surface area contributed by atoms with Crippen LogP contribution in [0.3, 0.4) is 0 Å². The second-order valence-corrected chi connectivity index (χ2v) is 5.59. The molecule has 0 amide bonds. The highest BCUT2D eigenvalue weighted by molar-refractivity contribution is 5.37. The zero-order chi connectivity index (χ0) is 15.5. The largest absolute Gasteiger partial charge is 0.492 e. The van der Waals surface area contributed by atoms with Crippen molar-refractivity contribution in [2.24, 2.45) is 0 Å². The molecule has 0 bridgehead atoms. The van der Waals surface area contributed by atoms with Crippen LogP contribution < -0.4 is 4.74 Å². The minimum atomic E-state index is -0.372. The van der Waals surface area contributed by atoms with Crippen LogP contribution in [-0.2, 0) is 13.1 Å². The van der Waals surface area contributed by atoms with Gasteiger partial charge in [0.1, 0.15) is 12.4 Å². The van der Waals surface area contributed by atoms with Crippen molar-refractivity contribution in [3.63, 3.8) is 0 Å². The number of hydrogen-bond donors (Lipinski definition) is 0. The van der Waals surface area contributed by atoms with E-state index in [-0.39, 0.29) is 10.6 Å². The second-order valence-electron chi connectivity index (χ2n) is 5.59. The lowest BCUT2D eigenvalue weighted by Gasteiger charge is -2.19. The normalized spacial score (nSPS) is 14.8. The maximum atomic E-state index is 10.7. The molecule has 0 aromatic heterocycles. The van der Waals surface area contributed by atoms with Crippen molar-refractivity contribution >= 4 is 5.69 Å². The first-order valence-corrected chi connectivity index (χ1v) is 7.30. The Bertz CT molecular complexity index is 683. The Morgan fingerprint density at radius 1 is 1.23 bits per heavy atom. The average Bonchev–Trinajstić information content (AvgIpc) is 2.69. The molecule has 0 aliphatic carbocycles. The zero-order valence-electron chi connectivity index (χ0n) is 12.5. The summed E-state index contributed by atoms with van der Waals surface area (Å²) in [5.41, 5.74) is 3.62. The summed E-state index contributed by atoms with van der Waals surface area (Å²) in [5, 5.41) is 10.7. The molecule has 5 nitrogen and oxygen atoms in total. The molecule has 114 valence electrons. The second kappa shape index (κ2) is 6.15. The summed E-state index contributed by atoms with van der Waals surface area (Å²) in [6.07, 6.45) is 0. The van der Waals surface area contributed by atoms with Crippen LogP contribution in [0.4, 0.5) is 5.69 Å². The number of rotatable bonds is 3. The Morgan fingerprint density at radius 3 is 2.73 bits per heavy atom. The van der Waals surface area contributed by atoms with Gasteiger partial charge in [-0.2, -0.15) is 0 Å². The van der Waals surface area contributed by atoms with Gasteiger partial charge < -0.3 is 4.74 Å². The van der Waals surface area contributed by atoms with Gasteiger partial charge in [-0.15, -0.1) is 0 Å². The van der Waals surface area contributed by atoms with Crippen LogP contribution in [0.2, 0.25) is 0 Å². The fraction of sp³-hybridized carbons (Fsp3) is 0.294. The van der Waals surface area contributed by atoms with E-state index in [1.807, 2.05) is 18.2 Å². The Kier molecular flexibility index (Phi) is 4.06. The number of non-ortho nitro benzene ring substituents is 1. The summed E-state index contributed by atoms with van der Waals surface area (Å²) in [6, 6.07) is 13.0. The van der Waals surface area contributed by atoms with Crippen molar-refractivity contribution in [2.75, 3.05) is 13.2 Å². The first-order chi connectivity index (χ1) is 10.6. The lowest BCUT2D eigenvalue weighted by Crippen LogP contribution is -2.25. The maximum absolute atomic E-state index is 10.7. The van der Waals surface area contributed by atoms with E-state index >= 15 is 0 Å². The van der Waals surface area contributed by atoms with Crippen LogP contribution in [0.15, 0.2) is 42.5 Å². The van der Waals surface area contributed by atoms with Gasteiger partial charge in [-0.25, -0.2) is 0 Å². The summed E-state index contributed by atoms with van der Waals surface area (Å²) < 4.78 is 5.79. The van der Waals surface area contributed by atoms with Gasteiger partial charge >= 0.3 is 0 Å². The third-order valence-corrected chi connectivity index (χ3v) is 3.83. The molecular weight excluding hydrogens is 280 g/mol. The van der Waals surface area contributed by atoms with Crippen molar-refractivity contribution in [1.29, 1.82) is 0 Å². The molecule has 3 rings (SSSR count). The number of nitro groups is 1. The Balaban J connectivity index is 1.74. The predicted octanol–water partition coefficient (Wildman–Crippen LogP) is 3.30. The van der Waals surface area contributed by atoms with Crippen LogP contribution in [0.5, 0.6) is 5.75 Å². The number of aryl methyl sites for hydroxylation is 1. The van der Waals surface area contributed by atoms with E-state index in [1.54, 1.807) is 12.1 Å².